The van der Waals surface area contributed by atoms with E-state index in [1.54, 1.807) is 0 Å². The van der Waals surface area contributed by atoms with Crippen molar-refractivity contribution in [3.05, 3.63) is 64.7 Å². The molecule has 0 aliphatic rings. The molecule has 2 rings (SSSR count). The van der Waals surface area contributed by atoms with Crippen LogP contribution >= 0.6 is 0 Å². The van der Waals surface area contributed by atoms with Crippen LogP contribution in [0.25, 0.3) is 0 Å². The van der Waals surface area contributed by atoms with Crippen molar-refractivity contribution in [3.8, 4) is 0 Å². The molecule has 2 aromatic rings. The van der Waals surface area contributed by atoms with Crippen LogP contribution in [0.1, 0.15) is 81.5 Å². The summed E-state index contributed by atoms with van der Waals surface area (Å²) in [5.41, 5.74) is 4.88. The van der Waals surface area contributed by atoms with E-state index in [-0.39, 0.29) is 0 Å². The highest BCUT2D eigenvalue weighted by molar-refractivity contribution is 7.83. The minimum Gasteiger partial charge on any atom is -0.237 e. The number of hydrogen-bond donors (Lipinski definition) is 1. The van der Waals surface area contributed by atoms with Crippen LogP contribution in [0.5, 0.6) is 0 Å². The Kier molecular flexibility index (Phi) is 6.97. The van der Waals surface area contributed by atoms with Gasteiger partial charge in [-0.2, -0.15) is 0 Å². The van der Waals surface area contributed by atoms with Gasteiger partial charge in [-0.3, -0.25) is 0 Å². The maximum Gasteiger partial charge on any atom is 0.125 e. The van der Waals surface area contributed by atoms with Gasteiger partial charge in [-0.1, -0.05) is 84.0 Å². The lowest BCUT2D eigenvalue weighted by molar-refractivity contribution is 0.664. The highest BCUT2D eigenvalue weighted by Gasteiger charge is 2.21. The molecule has 0 aromatic heterocycles. The van der Waals surface area contributed by atoms with Crippen LogP contribution in [0.15, 0.2) is 47.4 Å². The summed E-state index contributed by atoms with van der Waals surface area (Å²) in [4.78, 5) is 0.977. The van der Waals surface area contributed by atoms with E-state index in [1.165, 1.54) is 16.7 Å². The van der Waals surface area contributed by atoms with Crippen LogP contribution in [0, 0.1) is 0 Å². The van der Waals surface area contributed by atoms with E-state index in [0.29, 0.717) is 24.3 Å². The van der Waals surface area contributed by atoms with E-state index in [1.807, 2.05) is 18.2 Å². The Labute approximate surface area is 155 Å². The molecule has 0 aliphatic carbocycles. The lowest BCUT2D eigenvalue weighted by Crippen LogP contribution is -2.20. The summed E-state index contributed by atoms with van der Waals surface area (Å²) >= 11 is 0. The van der Waals surface area contributed by atoms with Crippen molar-refractivity contribution in [1.29, 1.82) is 0 Å². The summed E-state index contributed by atoms with van der Waals surface area (Å²) in [7, 11) is -1.22. The zero-order valence-electron chi connectivity index (χ0n) is 16.3. The Morgan fingerprint density at radius 2 is 1.36 bits per heavy atom. The molecule has 0 amide bonds. The minimum absolute atomic E-state index is 0.341. The van der Waals surface area contributed by atoms with Gasteiger partial charge in [0.05, 0.1) is 4.90 Å². The third-order valence-corrected chi connectivity index (χ3v) is 5.76. The van der Waals surface area contributed by atoms with E-state index in [9.17, 15) is 4.21 Å². The van der Waals surface area contributed by atoms with Gasteiger partial charge in [-0.05, 0) is 40.0 Å². The van der Waals surface area contributed by atoms with Crippen LogP contribution in [-0.4, -0.2) is 4.21 Å². The molecule has 25 heavy (non-hydrogen) atoms. The quantitative estimate of drug-likeness (QED) is 0.660. The third-order valence-electron chi connectivity index (χ3n) is 4.52. The maximum atomic E-state index is 13.1. The van der Waals surface area contributed by atoms with E-state index in [2.05, 4.69) is 70.5 Å². The monoisotopic (exact) mass is 357 g/mol. The molecule has 0 heterocycles. The largest absolute Gasteiger partial charge is 0.237 e. The second kappa shape index (κ2) is 8.77. The fourth-order valence-electron chi connectivity index (χ4n) is 2.92. The fourth-order valence-corrected chi connectivity index (χ4v) is 4.38. The topological polar surface area (TPSA) is 29.1 Å². The molecule has 2 aromatic carbocycles. The Balaban J connectivity index is 2.41. The van der Waals surface area contributed by atoms with Gasteiger partial charge < -0.3 is 0 Å². The summed E-state index contributed by atoms with van der Waals surface area (Å²) in [6.45, 7) is 13.8. The Bertz CT molecular complexity index is 691. The average molecular weight is 358 g/mol. The molecule has 1 unspecified atom stereocenters. The van der Waals surface area contributed by atoms with E-state index >= 15 is 0 Å². The van der Waals surface area contributed by atoms with Crippen molar-refractivity contribution in [2.45, 2.75) is 70.7 Å². The first-order valence-corrected chi connectivity index (χ1v) is 10.3. The molecule has 0 spiro atoms. The molecule has 136 valence electrons. The van der Waals surface area contributed by atoms with E-state index < -0.39 is 11.0 Å². The van der Waals surface area contributed by atoms with Gasteiger partial charge in [-0.15, -0.1) is 0 Å². The maximum absolute atomic E-state index is 13.1. The van der Waals surface area contributed by atoms with Crippen LogP contribution in [0.2, 0.25) is 0 Å². The Hall–Kier alpha value is -1.45. The molecular formula is C22H31NOS. The van der Waals surface area contributed by atoms with Crippen molar-refractivity contribution in [1.82, 2.24) is 4.72 Å². The standard InChI is InChI=1S/C22H31NOS/c1-15(2)19-12-20(16(3)4)22(21(13-19)17(5)6)25(24)23-14-18-10-8-7-9-11-18/h7-13,15-17,23H,14H2,1-6H3. The lowest BCUT2D eigenvalue weighted by Gasteiger charge is -2.22. The molecule has 0 aliphatic heterocycles. The van der Waals surface area contributed by atoms with Crippen molar-refractivity contribution in [2.24, 2.45) is 0 Å². The van der Waals surface area contributed by atoms with Crippen LogP contribution in [-0.2, 0) is 17.5 Å². The minimum atomic E-state index is -1.22. The second-order valence-corrected chi connectivity index (χ2v) is 8.80. The Morgan fingerprint density at radius 1 is 0.840 bits per heavy atom. The fraction of sp³-hybridized carbons (Fsp3) is 0.455. The first-order chi connectivity index (χ1) is 11.8. The zero-order chi connectivity index (χ0) is 18.6. The zero-order valence-corrected chi connectivity index (χ0v) is 17.1. The van der Waals surface area contributed by atoms with Gasteiger partial charge in [0.2, 0.25) is 0 Å². The molecule has 1 atom stereocenters. The van der Waals surface area contributed by atoms with Crippen molar-refractivity contribution in [2.75, 3.05) is 0 Å². The second-order valence-electron chi connectivity index (χ2n) is 7.57. The van der Waals surface area contributed by atoms with Gasteiger partial charge in [-0.25, -0.2) is 8.93 Å². The summed E-state index contributed by atoms with van der Waals surface area (Å²) in [6, 6.07) is 14.6. The molecule has 0 saturated carbocycles. The highest BCUT2D eigenvalue weighted by Crippen LogP contribution is 2.33. The van der Waals surface area contributed by atoms with Crippen LogP contribution in [0.3, 0.4) is 0 Å². The van der Waals surface area contributed by atoms with E-state index in [4.69, 9.17) is 0 Å². The summed E-state index contributed by atoms with van der Waals surface area (Å²) in [5.74, 6) is 1.15. The van der Waals surface area contributed by atoms with Gasteiger partial charge >= 0.3 is 0 Å². The summed E-state index contributed by atoms with van der Waals surface area (Å²) < 4.78 is 16.4. The molecular weight excluding hydrogens is 326 g/mol. The predicted octanol–water partition coefficient (Wildman–Crippen LogP) is 5.87. The number of nitrogens with one attached hydrogen (secondary N) is 1. The predicted molar refractivity (Wildman–Crippen MR) is 108 cm³/mol. The number of hydrogen-bond acceptors (Lipinski definition) is 1. The summed E-state index contributed by atoms with van der Waals surface area (Å²) in [6.07, 6.45) is 0. The molecule has 0 radical (unpaired) electrons. The Morgan fingerprint density at radius 3 is 1.80 bits per heavy atom. The SMILES string of the molecule is CC(C)c1cc(C(C)C)c(S(=O)NCc2ccccc2)c(C(C)C)c1. The van der Waals surface area contributed by atoms with Gasteiger partial charge in [0.25, 0.3) is 0 Å². The number of rotatable bonds is 7. The average Bonchev–Trinajstić information content (AvgIpc) is 2.59. The van der Waals surface area contributed by atoms with E-state index in [0.717, 1.165) is 10.5 Å². The normalized spacial score (nSPS) is 13.0. The van der Waals surface area contributed by atoms with Crippen molar-refractivity contribution in [3.63, 3.8) is 0 Å². The molecule has 1 N–H and O–H groups in total. The molecule has 0 fully saturated rings. The van der Waals surface area contributed by atoms with Gasteiger partial charge in [0.1, 0.15) is 11.0 Å². The van der Waals surface area contributed by atoms with Crippen molar-refractivity contribution >= 4 is 11.0 Å². The van der Waals surface area contributed by atoms with Crippen LogP contribution in [0.4, 0.5) is 0 Å². The third kappa shape index (κ3) is 5.02. The molecule has 0 saturated heterocycles. The van der Waals surface area contributed by atoms with Crippen LogP contribution < -0.4 is 4.72 Å². The summed E-state index contributed by atoms with van der Waals surface area (Å²) in [5, 5.41) is 0. The number of benzene rings is 2. The van der Waals surface area contributed by atoms with Gasteiger partial charge in [0, 0.05) is 6.54 Å². The first kappa shape index (κ1) is 19.9. The first-order valence-electron chi connectivity index (χ1n) is 9.18. The van der Waals surface area contributed by atoms with Gasteiger partial charge in [0.15, 0.2) is 0 Å². The molecule has 3 heteroatoms. The highest BCUT2D eigenvalue weighted by atomic mass is 32.2. The van der Waals surface area contributed by atoms with Crippen molar-refractivity contribution < 1.29 is 4.21 Å². The lowest BCUT2D eigenvalue weighted by atomic mass is 9.89. The smallest absolute Gasteiger partial charge is 0.125 e. The molecule has 2 nitrogen and oxygen atoms in total. The molecule has 0 bridgehead atoms.